The van der Waals surface area contributed by atoms with Crippen LogP contribution in [0.1, 0.15) is 5.56 Å². The van der Waals surface area contributed by atoms with Gasteiger partial charge in [0.05, 0.1) is 0 Å². The van der Waals surface area contributed by atoms with Gasteiger partial charge in [0.15, 0.2) is 5.65 Å². The lowest BCUT2D eigenvalue weighted by molar-refractivity contribution is 1.22. The number of fused-ring (bicyclic) bond motifs is 1. The first kappa shape index (κ1) is 7.22. The van der Waals surface area contributed by atoms with Crippen LogP contribution in [0.4, 0.5) is 0 Å². The molecule has 0 spiro atoms. The topological polar surface area (TPSA) is 25.8 Å². The molecular formula is C10H9N2. The Kier molecular flexibility index (Phi) is 1.74. The molecule has 0 atom stereocenters. The fourth-order valence-electron chi connectivity index (χ4n) is 1.26. The van der Waals surface area contributed by atoms with Crippen molar-refractivity contribution < 1.29 is 0 Å². The first-order valence-corrected chi connectivity index (χ1v) is 3.89. The van der Waals surface area contributed by atoms with E-state index in [1.807, 2.05) is 18.2 Å². The summed E-state index contributed by atoms with van der Waals surface area (Å²) in [6.45, 7) is 3.85. The van der Waals surface area contributed by atoms with E-state index in [2.05, 4.69) is 16.9 Å². The molecule has 0 aliphatic heterocycles. The van der Waals surface area contributed by atoms with Gasteiger partial charge in [0, 0.05) is 17.8 Å². The van der Waals surface area contributed by atoms with Gasteiger partial charge < -0.3 is 0 Å². The van der Waals surface area contributed by atoms with Gasteiger partial charge in [-0.25, -0.2) is 9.97 Å². The second kappa shape index (κ2) is 2.89. The monoisotopic (exact) mass is 157 g/mol. The Hall–Kier alpha value is -1.44. The van der Waals surface area contributed by atoms with E-state index in [0.29, 0.717) is 0 Å². The lowest BCUT2D eigenvalue weighted by Gasteiger charge is -2.00. The Morgan fingerprint density at radius 2 is 2.00 bits per heavy atom. The molecule has 0 fully saturated rings. The number of nitrogens with zero attached hydrogens (tertiary/aromatic N) is 2. The van der Waals surface area contributed by atoms with Gasteiger partial charge in [-0.2, -0.15) is 0 Å². The van der Waals surface area contributed by atoms with Crippen molar-refractivity contribution in [2.24, 2.45) is 0 Å². The van der Waals surface area contributed by atoms with E-state index < -0.39 is 0 Å². The molecule has 0 bridgehead atoms. The third-order valence-electron chi connectivity index (χ3n) is 1.87. The van der Waals surface area contributed by atoms with Crippen molar-refractivity contribution in [3.8, 4) is 0 Å². The van der Waals surface area contributed by atoms with Crippen LogP contribution in [0.2, 0.25) is 0 Å². The van der Waals surface area contributed by atoms with Gasteiger partial charge in [-0.1, -0.05) is 0 Å². The molecule has 12 heavy (non-hydrogen) atoms. The first-order valence-electron chi connectivity index (χ1n) is 3.89. The van der Waals surface area contributed by atoms with Crippen LogP contribution in [0.15, 0.2) is 30.6 Å². The maximum atomic E-state index is 4.15. The summed E-state index contributed by atoms with van der Waals surface area (Å²) in [5, 5.41) is 1.11. The van der Waals surface area contributed by atoms with Crippen molar-refractivity contribution in [1.29, 1.82) is 0 Å². The Bertz CT molecular complexity index is 390. The average Bonchev–Trinajstić information content (AvgIpc) is 2.17. The first-order chi connectivity index (χ1) is 5.92. The molecule has 0 amide bonds. The minimum absolute atomic E-state index is 0.782. The molecule has 2 heteroatoms. The maximum Gasteiger partial charge on any atom is 0.159 e. The fourth-order valence-corrected chi connectivity index (χ4v) is 1.26. The second-order valence-electron chi connectivity index (χ2n) is 2.59. The largest absolute Gasteiger partial charge is 0.237 e. The summed E-state index contributed by atoms with van der Waals surface area (Å²) in [7, 11) is 0. The normalized spacial score (nSPS) is 10.4. The Morgan fingerprint density at radius 3 is 2.83 bits per heavy atom. The zero-order valence-corrected chi connectivity index (χ0v) is 6.70. The predicted molar refractivity (Wildman–Crippen MR) is 48.6 cm³/mol. The minimum atomic E-state index is 0.782. The molecule has 0 aliphatic carbocycles. The van der Waals surface area contributed by atoms with E-state index >= 15 is 0 Å². The minimum Gasteiger partial charge on any atom is -0.237 e. The quantitative estimate of drug-likeness (QED) is 0.632. The molecule has 0 saturated carbocycles. The molecule has 0 unspecified atom stereocenters. The molecule has 0 aromatic carbocycles. The van der Waals surface area contributed by atoms with Gasteiger partial charge in [-0.05, 0) is 37.1 Å². The van der Waals surface area contributed by atoms with Crippen LogP contribution in [0.25, 0.3) is 11.0 Å². The van der Waals surface area contributed by atoms with Crippen LogP contribution in [0, 0.1) is 6.92 Å². The van der Waals surface area contributed by atoms with E-state index in [1.165, 1.54) is 5.56 Å². The molecule has 0 N–H and O–H groups in total. The van der Waals surface area contributed by atoms with E-state index in [4.69, 9.17) is 0 Å². The summed E-state index contributed by atoms with van der Waals surface area (Å²) in [5.74, 6) is 0. The van der Waals surface area contributed by atoms with Crippen molar-refractivity contribution in [3.05, 3.63) is 43.1 Å². The molecule has 0 aliphatic rings. The van der Waals surface area contributed by atoms with Gasteiger partial charge in [-0.3, -0.25) is 0 Å². The zero-order valence-electron chi connectivity index (χ0n) is 6.70. The third kappa shape index (κ3) is 1.05. The standard InChI is InChI=1S/C10H9N2/c1-2-8-5-7-12-10-9(8)4-3-6-11-10/h3-7H,1-2H2. The molecule has 1 radical (unpaired) electrons. The molecule has 2 aromatic heterocycles. The van der Waals surface area contributed by atoms with E-state index in [-0.39, 0.29) is 0 Å². The van der Waals surface area contributed by atoms with Gasteiger partial charge >= 0.3 is 0 Å². The van der Waals surface area contributed by atoms with Crippen molar-refractivity contribution in [2.75, 3.05) is 0 Å². The highest BCUT2D eigenvalue weighted by molar-refractivity contribution is 5.78. The van der Waals surface area contributed by atoms with Crippen LogP contribution in [0.5, 0.6) is 0 Å². The Labute approximate surface area is 71.3 Å². The lowest BCUT2D eigenvalue weighted by Crippen LogP contribution is -1.87. The lowest BCUT2D eigenvalue weighted by atomic mass is 10.1. The zero-order chi connectivity index (χ0) is 8.39. The van der Waals surface area contributed by atoms with Crippen LogP contribution in [-0.2, 0) is 6.42 Å². The summed E-state index contributed by atoms with van der Waals surface area (Å²) >= 11 is 0. The van der Waals surface area contributed by atoms with Crippen molar-refractivity contribution >= 4 is 11.0 Å². The summed E-state index contributed by atoms with van der Waals surface area (Å²) in [6, 6.07) is 5.93. The summed E-state index contributed by atoms with van der Waals surface area (Å²) < 4.78 is 0. The predicted octanol–water partition coefficient (Wildman–Crippen LogP) is 2.01. The molecule has 2 nitrogen and oxygen atoms in total. The number of hydrogen-bond acceptors (Lipinski definition) is 2. The van der Waals surface area contributed by atoms with Gasteiger partial charge in [0.1, 0.15) is 0 Å². The van der Waals surface area contributed by atoms with Crippen molar-refractivity contribution in [1.82, 2.24) is 9.97 Å². The Balaban J connectivity index is 2.79. The SMILES string of the molecule is [CH2]Cc1ccnc2ncccc12. The summed E-state index contributed by atoms with van der Waals surface area (Å²) in [5.41, 5.74) is 2.01. The number of aromatic nitrogens is 2. The number of pyridine rings is 2. The summed E-state index contributed by atoms with van der Waals surface area (Å²) in [6.07, 6.45) is 4.31. The third-order valence-corrected chi connectivity index (χ3v) is 1.87. The van der Waals surface area contributed by atoms with Crippen molar-refractivity contribution in [2.45, 2.75) is 6.42 Å². The molecule has 59 valence electrons. The van der Waals surface area contributed by atoms with E-state index in [9.17, 15) is 0 Å². The second-order valence-corrected chi connectivity index (χ2v) is 2.59. The average molecular weight is 157 g/mol. The van der Waals surface area contributed by atoms with Gasteiger partial charge in [0.25, 0.3) is 0 Å². The molecule has 2 aromatic rings. The van der Waals surface area contributed by atoms with Crippen LogP contribution in [0.3, 0.4) is 0 Å². The smallest absolute Gasteiger partial charge is 0.159 e. The molecule has 2 heterocycles. The van der Waals surface area contributed by atoms with Crippen LogP contribution >= 0.6 is 0 Å². The van der Waals surface area contributed by atoms with Crippen LogP contribution in [-0.4, -0.2) is 9.97 Å². The molecule has 0 saturated heterocycles. The van der Waals surface area contributed by atoms with E-state index in [0.717, 1.165) is 17.5 Å². The number of rotatable bonds is 1. The molecular weight excluding hydrogens is 148 g/mol. The Morgan fingerprint density at radius 1 is 1.17 bits per heavy atom. The maximum absolute atomic E-state index is 4.15. The van der Waals surface area contributed by atoms with Gasteiger partial charge in [-0.15, -0.1) is 0 Å². The summed E-state index contributed by atoms with van der Waals surface area (Å²) in [4.78, 5) is 8.30. The van der Waals surface area contributed by atoms with Crippen molar-refractivity contribution in [3.63, 3.8) is 0 Å². The fraction of sp³-hybridized carbons (Fsp3) is 0.100. The highest BCUT2D eigenvalue weighted by Crippen LogP contribution is 2.13. The highest BCUT2D eigenvalue weighted by Gasteiger charge is 1.98. The molecule has 2 rings (SSSR count). The van der Waals surface area contributed by atoms with Crippen LogP contribution < -0.4 is 0 Å². The van der Waals surface area contributed by atoms with Gasteiger partial charge in [0.2, 0.25) is 0 Å². The number of hydrogen-bond donors (Lipinski definition) is 0. The highest BCUT2D eigenvalue weighted by atomic mass is 14.8. The van der Waals surface area contributed by atoms with E-state index in [1.54, 1.807) is 12.4 Å².